The van der Waals surface area contributed by atoms with Crippen molar-refractivity contribution in [1.82, 2.24) is 14.6 Å². The zero-order valence-electron chi connectivity index (χ0n) is 13.2. The smallest absolute Gasteiger partial charge is 0.248 e. The second-order valence-corrected chi connectivity index (χ2v) is 8.02. The van der Waals surface area contributed by atoms with Gasteiger partial charge in [0.2, 0.25) is 15.9 Å². The summed E-state index contributed by atoms with van der Waals surface area (Å²) in [5.74, 6) is 4.48. The first-order valence-corrected chi connectivity index (χ1v) is 9.38. The van der Waals surface area contributed by atoms with Gasteiger partial charge in [0.25, 0.3) is 0 Å². The molecular weight excluding hydrogens is 368 g/mol. The van der Waals surface area contributed by atoms with Crippen LogP contribution in [0.5, 0.6) is 0 Å². The number of halogens is 1. The van der Waals surface area contributed by atoms with E-state index in [4.69, 9.17) is 17.5 Å². The van der Waals surface area contributed by atoms with Gasteiger partial charge in [0.05, 0.1) is 9.92 Å². The molecule has 1 aliphatic rings. The summed E-state index contributed by atoms with van der Waals surface area (Å²) < 4.78 is 27.4. The van der Waals surface area contributed by atoms with Crippen LogP contribution in [0.15, 0.2) is 35.5 Å². The molecule has 10 heteroatoms. The maximum absolute atomic E-state index is 13.0. The second kappa shape index (κ2) is 7.22. The van der Waals surface area contributed by atoms with E-state index < -0.39 is 10.0 Å². The van der Waals surface area contributed by atoms with Crippen LogP contribution < -0.4 is 11.2 Å². The fourth-order valence-corrected chi connectivity index (χ4v) is 4.98. The number of carbonyl (C=O) groups excluding carboxylic acids is 1. The fourth-order valence-electron chi connectivity index (χ4n) is 2.92. The average Bonchev–Trinajstić information content (AvgIpc) is 3.04. The topological polar surface area (TPSA) is 115 Å². The molecule has 1 aromatic carbocycles. The van der Waals surface area contributed by atoms with E-state index in [-0.39, 0.29) is 35.0 Å². The second-order valence-electron chi connectivity index (χ2n) is 5.70. The number of sulfonamides is 1. The van der Waals surface area contributed by atoms with Crippen molar-refractivity contribution in [2.75, 3.05) is 19.7 Å². The van der Waals surface area contributed by atoms with E-state index in [1.807, 2.05) is 0 Å². The third-order valence-electron chi connectivity index (χ3n) is 4.05. The number of pyridine rings is 1. The number of nitrogens with one attached hydrogen (secondary N) is 1. The van der Waals surface area contributed by atoms with Crippen LogP contribution >= 0.6 is 11.6 Å². The third kappa shape index (κ3) is 3.60. The molecule has 0 saturated carbocycles. The number of carbonyl (C=O) groups is 1. The SMILES string of the molecule is NOCC(=O)N[C@H]1CCN(S(=O)(=O)c2cccc3cncc(Cl)c23)C1. The maximum atomic E-state index is 13.0. The Labute approximate surface area is 149 Å². The van der Waals surface area contributed by atoms with Gasteiger partial charge in [0.1, 0.15) is 6.61 Å². The summed E-state index contributed by atoms with van der Waals surface area (Å²) in [5, 5.41) is 4.07. The highest BCUT2D eigenvalue weighted by Crippen LogP contribution is 2.32. The van der Waals surface area contributed by atoms with E-state index in [0.717, 1.165) is 0 Å². The molecule has 1 aliphatic heterocycles. The maximum Gasteiger partial charge on any atom is 0.248 e. The van der Waals surface area contributed by atoms with Crippen molar-refractivity contribution < 1.29 is 18.0 Å². The summed E-state index contributed by atoms with van der Waals surface area (Å²) in [7, 11) is -3.75. The number of rotatable bonds is 5. The number of aromatic nitrogens is 1. The zero-order chi connectivity index (χ0) is 18.0. The molecule has 3 rings (SSSR count). The summed E-state index contributed by atoms with van der Waals surface area (Å²) in [6.45, 7) is 0.211. The molecule has 1 fully saturated rings. The predicted molar refractivity (Wildman–Crippen MR) is 92.2 cm³/mol. The van der Waals surface area contributed by atoms with E-state index >= 15 is 0 Å². The molecule has 0 radical (unpaired) electrons. The highest BCUT2D eigenvalue weighted by Gasteiger charge is 2.34. The Morgan fingerprint density at radius 3 is 3.00 bits per heavy atom. The minimum Gasteiger partial charge on any atom is -0.350 e. The molecule has 1 atom stereocenters. The number of fused-ring (bicyclic) bond motifs is 1. The van der Waals surface area contributed by atoms with Crippen molar-refractivity contribution in [2.45, 2.75) is 17.4 Å². The van der Waals surface area contributed by atoms with Crippen LogP contribution in [0.25, 0.3) is 10.8 Å². The molecule has 1 saturated heterocycles. The normalized spacial score (nSPS) is 18.6. The first-order chi connectivity index (χ1) is 11.9. The Bertz CT molecular complexity index is 900. The average molecular weight is 385 g/mol. The molecular formula is C15H17ClN4O4S. The number of nitrogens with two attached hydrogens (primary N) is 1. The number of nitrogens with zero attached hydrogens (tertiary/aromatic N) is 2. The minimum absolute atomic E-state index is 0.134. The molecule has 3 N–H and O–H groups in total. The van der Waals surface area contributed by atoms with Gasteiger partial charge in [-0.3, -0.25) is 14.6 Å². The lowest BCUT2D eigenvalue weighted by Crippen LogP contribution is -2.40. The van der Waals surface area contributed by atoms with Gasteiger partial charge in [-0.05, 0) is 12.5 Å². The highest BCUT2D eigenvalue weighted by molar-refractivity contribution is 7.89. The lowest BCUT2D eigenvalue weighted by Gasteiger charge is -2.18. The Morgan fingerprint density at radius 2 is 2.24 bits per heavy atom. The molecule has 1 amide bonds. The number of amides is 1. The van der Waals surface area contributed by atoms with E-state index in [1.54, 1.807) is 18.3 Å². The molecule has 2 aromatic rings. The summed E-state index contributed by atoms with van der Waals surface area (Å²) >= 11 is 6.18. The number of hydrogen-bond acceptors (Lipinski definition) is 6. The van der Waals surface area contributed by atoms with Gasteiger partial charge in [-0.15, -0.1) is 0 Å². The molecule has 8 nitrogen and oxygen atoms in total. The predicted octanol–water partition coefficient (Wildman–Crippen LogP) is 0.658. The molecule has 0 spiro atoms. The lowest BCUT2D eigenvalue weighted by molar-refractivity contribution is -0.126. The molecule has 0 unspecified atom stereocenters. The van der Waals surface area contributed by atoms with Crippen LogP contribution in [0.4, 0.5) is 0 Å². The van der Waals surface area contributed by atoms with Gasteiger partial charge in [-0.1, -0.05) is 23.7 Å². The van der Waals surface area contributed by atoms with E-state index in [2.05, 4.69) is 15.1 Å². The van der Waals surface area contributed by atoms with Crippen LogP contribution in [0, 0.1) is 0 Å². The van der Waals surface area contributed by atoms with Crippen molar-refractivity contribution in [3.05, 3.63) is 35.6 Å². The summed E-state index contributed by atoms with van der Waals surface area (Å²) in [6, 6.07) is 4.65. The molecule has 2 heterocycles. The van der Waals surface area contributed by atoms with Gasteiger partial charge < -0.3 is 5.32 Å². The monoisotopic (exact) mass is 384 g/mol. The van der Waals surface area contributed by atoms with Crippen molar-refractivity contribution in [1.29, 1.82) is 0 Å². The summed E-state index contributed by atoms with van der Waals surface area (Å²) in [6.07, 6.45) is 3.50. The van der Waals surface area contributed by atoms with Crippen molar-refractivity contribution in [3.63, 3.8) is 0 Å². The van der Waals surface area contributed by atoms with Gasteiger partial charge in [-0.2, -0.15) is 4.31 Å². The van der Waals surface area contributed by atoms with Gasteiger partial charge >= 0.3 is 0 Å². The molecule has 25 heavy (non-hydrogen) atoms. The van der Waals surface area contributed by atoms with Crippen LogP contribution in [0.3, 0.4) is 0 Å². The Morgan fingerprint density at radius 1 is 1.44 bits per heavy atom. The number of benzene rings is 1. The first-order valence-electron chi connectivity index (χ1n) is 7.57. The van der Waals surface area contributed by atoms with Gasteiger partial charge in [0, 0.05) is 42.3 Å². The molecule has 0 bridgehead atoms. The van der Waals surface area contributed by atoms with Crippen LogP contribution in [0.2, 0.25) is 5.02 Å². The minimum atomic E-state index is -3.75. The zero-order valence-corrected chi connectivity index (χ0v) is 14.8. The van der Waals surface area contributed by atoms with Crippen LogP contribution in [-0.4, -0.2) is 49.4 Å². The molecule has 1 aromatic heterocycles. The van der Waals surface area contributed by atoms with Gasteiger partial charge in [0.15, 0.2) is 0 Å². The van der Waals surface area contributed by atoms with E-state index in [0.29, 0.717) is 23.7 Å². The van der Waals surface area contributed by atoms with E-state index in [9.17, 15) is 13.2 Å². The van der Waals surface area contributed by atoms with Crippen molar-refractivity contribution in [2.24, 2.45) is 5.90 Å². The van der Waals surface area contributed by atoms with Crippen molar-refractivity contribution in [3.8, 4) is 0 Å². The highest BCUT2D eigenvalue weighted by atomic mass is 35.5. The van der Waals surface area contributed by atoms with Crippen molar-refractivity contribution >= 4 is 38.3 Å². The fraction of sp³-hybridized carbons (Fsp3) is 0.333. The Kier molecular flexibility index (Phi) is 5.21. The number of hydrogen-bond donors (Lipinski definition) is 2. The quantitative estimate of drug-likeness (QED) is 0.732. The van der Waals surface area contributed by atoms with E-state index in [1.165, 1.54) is 16.6 Å². The summed E-state index contributed by atoms with van der Waals surface area (Å²) in [4.78, 5) is 19.9. The Balaban J connectivity index is 1.87. The molecule has 134 valence electrons. The largest absolute Gasteiger partial charge is 0.350 e. The summed E-state index contributed by atoms with van der Waals surface area (Å²) in [5.41, 5.74) is 0. The third-order valence-corrected chi connectivity index (χ3v) is 6.24. The Hall–Kier alpha value is -1.78. The van der Waals surface area contributed by atoms with Crippen LogP contribution in [0.1, 0.15) is 6.42 Å². The molecule has 0 aliphatic carbocycles. The lowest BCUT2D eigenvalue weighted by atomic mass is 10.2. The van der Waals surface area contributed by atoms with Crippen LogP contribution in [-0.2, 0) is 19.7 Å². The first kappa shape index (κ1) is 18.0. The van der Waals surface area contributed by atoms with Gasteiger partial charge in [-0.25, -0.2) is 14.3 Å². The standard InChI is InChI=1S/C15H17ClN4O4S/c16-12-7-18-6-10-2-1-3-13(15(10)12)25(22,23)20-5-4-11(8-20)19-14(21)9-24-17/h1-3,6-7,11H,4-5,8-9,17H2,(H,19,21)/t11-/m0/s1.